The number of amides is 1. The van der Waals surface area contributed by atoms with Crippen LogP contribution in [0.3, 0.4) is 0 Å². The van der Waals surface area contributed by atoms with Crippen LogP contribution >= 0.6 is 0 Å². The third kappa shape index (κ3) is 4.70. The minimum absolute atomic E-state index is 0.169. The molecule has 4 heteroatoms. The Morgan fingerprint density at radius 1 is 1.12 bits per heavy atom. The molecule has 1 saturated heterocycles. The van der Waals surface area contributed by atoms with Crippen molar-refractivity contribution in [1.29, 1.82) is 0 Å². The molecule has 1 aliphatic heterocycles. The lowest BCUT2D eigenvalue weighted by Gasteiger charge is -2.38. The maximum atomic E-state index is 13.3. The van der Waals surface area contributed by atoms with E-state index < -0.39 is 0 Å². The molecule has 0 radical (unpaired) electrons. The lowest BCUT2D eigenvalue weighted by molar-refractivity contribution is -0.119. The minimum atomic E-state index is -0.169. The molecule has 1 amide bonds. The third-order valence-electron chi connectivity index (χ3n) is 5.13. The standard InChI is InChI=1S/C22H27FN2O/c1-2-22(26)25(20-9-4-3-5-10-20)21-12-15-24(16-13-21)14-11-18-7-6-8-19(23)17-18/h3-10,17,21H,2,11-16H2,1H3. The molecule has 26 heavy (non-hydrogen) atoms. The summed E-state index contributed by atoms with van der Waals surface area (Å²) in [6, 6.07) is 17.1. The van der Waals surface area contributed by atoms with Crippen molar-refractivity contribution < 1.29 is 9.18 Å². The largest absolute Gasteiger partial charge is 0.309 e. The number of anilines is 1. The van der Waals surface area contributed by atoms with Crippen molar-refractivity contribution in [2.24, 2.45) is 0 Å². The molecule has 1 heterocycles. The number of carbonyl (C=O) groups excluding carboxylic acids is 1. The second-order valence-corrected chi connectivity index (χ2v) is 6.91. The van der Waals surface area contributed by atoms with Crippen LogP contribution in [0.1, 0.15) is 31.7 Å². The van der Waals surface area contributed by atoms with Crippen LogP contribution in [0.15, 0.2) is 54.6 Å². The average Bonchev–Trinajstić information content (AvgIpc) is 2.68. The van der Waals surface area contributed by atoms with Gasteiger partial charge in [-0.1, -0.05) is 37.3 Å². The fraction of sp³-hybridized carbons (Fsp3) is 0.409. The number of hydrogen-bond acceptors (Lipinski definition) is 2. The van der Waals surface area contributed by atoms with Gasteiger partial charge in [0.2, 0.25) is 5.91 Å². The van der Waals surface area contributed by atoms with Gasteiger partial charge >= 0.3 is 0 Å². The number of nitrogens with zero attached hydrogens (tertiary/aromatic N) is 2. The SMILES string of the molecule is CCC(=O)N(c1ccccc1)C1CCN(CCc2cccc(F)c2)CC1. The highest BCUT2D eigenvalue weighted by Crippen LogP contribution is 2.24. The number of halogens is 1. The molecule has 138 valence electrons. The Balaban J connectivity index is 1.57. The molecule has 1 fully saturated rings. The van der Waals surface area contributed by atoms with Gasteiger partial charge in [-0.2, -0.15) is 0 Å². The van der Waals surface area contributed by atoms with Gasteiger partial charge in [0.25, 0.3) is 0 Å². The number of rotatable bonds is 6. The predicted octanol–water partition coefficient (Wildman–Crippen LogP) is 4.28. The smallest absolute Gasteiger partial charge is 0.226 e. The Hall–Kier alpha value is -2.20. The van der Waals surface area contributed by atoms with Gasteiger partial charge in [-0.25, -0.2) is 4.39 Å². The maximum Gasteiger partial charge on any atom is 0.226 e. The maximum absolute atomic E-state index is 13.3. The second kappa shape index (κ2) is 8.95. The van der Waals surface area contributed by atoms with Gasteiger partial charge in [0.15, 0.2) is 0 Å². The fourth-order valence-electron chi connectivity index (χ4n) is 3.70. The Morgan fingerprint density at radius 3 is 2.50 bits per heavy atom. The molecule has 3 rings (SSSR count). The fourth-order valence-corrected chi connectivity index (χ4v) is 3.70. The predicted molar refractivity (Wildman–Crippen MR) is 104 cm³/mol. The highest BCUT2D eigenvalue weighted by molar-refractivity contribution is 5.93. The van der Waals surface area contributed by atoms with E-state index in [0.29, 0.717) is 6.42 Å². The highest BCUT2D eigenvalue weighted by Gasteiger charge is 2.28. The molecule has 0 atom stereocenters. The Labute approximate surface area is 155 Å². The van der Waals surface area contributed by atoms with Crippen LogP contribution in [-0.4, -0.2) is 36.5 Å². The van der Waals surface area contributed by atoms with Crippen molar-refractivity contribution in [3.63, 3.8) is 0 Å². The first-order valence-corrected chi connectivity index (χ1v) is 9.51. The molecular formula is C22H27FN2O. The van der Waals surface area contributed by atoms with Gasteiger partial charge in [-0.05, 0) is 49.1 Å². The lowest BCUT2D eigenvalue weighted by Crippen LogP contribution is -2.47. The van der Waals surface area contributed by atoms with Crippen molar-refractivity contribution >= 4 is 11.6 Å². The number of carbonyl (C=O) groups is 1. The van der Waals surface area contributed by atoms with Gasteiger partial charge in [0.1, 0.15) is 5.82 Å². The van der Waals surface area contributed by atoms with Crippen LogP contribution in [0.2, 0.25) is 0 Å². The molecule has 0 saturated carbocycles. The summed E-state index contributed by atoms with van der Waals surface area (Å²) in [7, 11) is 0. The van der Waals surface area contributed by atoms with E-state index in [2.05, 4.69) is 4.90 Å². The van der Waals surface area contributed by atoms with Crippen molar-refractivity contribution in [2.45, 2.75) is 38.6 Å². The number of piperidine rings is 1. The first kappa shape index (κ1) is 18.6. The van der Waals surface area contributed by atoms with Crippen LogP contribution in [-0.2, 0) is 11.2 Å². The van der Waals surface area contributed by atoms with E-state index in [-0.39, 0.29) is 17.8 Å². The third-order valence-corrected chi connectivity index (χ3v) is 5.13. The van der Waals surface area contributed by atoms with Crippen LogP contribution in [0.4, 0.5) is 10.1 Å². The minimum Gasteiger partial charge on any atom is -0.309 e. The molecule has 1 aliphatic rings. The number of hydrogen-bond donors (Lipinski definition) is 0. The first-order valence-electron chi connectivity index (χ1n) is 9.51. The van der Waals surface area contributed by atoms with Gasteiger partial charge in [-0.3, -0.25) is 4.79 Å². The van der Waals surface area contributed by atoms with Crippen molar-refractivity contribution in [3.05, 3.63) is 66.0 Å². The zero-order valence-corrected chi connectivity index (χ0v) is 15.4. The molecule has 0 bridgehead atoms. The molecule has 2 aromatic carbocycles. The Kier molecular flexibility index (Phi) is 6.40. The first-order chi connectivity index (χ1) is 12.7. The molecular weight excluding hydrogens is 327 g/mol. The molecule has 0 aromatic heterocycles. The van der Waals surface area contributed by atoms with E-state index >= 15 is 0 Å². The van der Waals surface area contributed by atoms with Gasteiger partial charge in [-0.15, -0.1) is 0 Å². The molecule has 2 aromatic rings. The van der Waals surface area contributed by atoms with E-state index in [0.717, 1.165) is 50.1 Å². The number of benzene rings is 2. The Bertz CT molecular complexity index is 711. The molecule has 0 aliphatic carbocycles. The van der Waals surface area contributed by atoms with Gasteiger partial charge in [0.05, 0.1) is 0 Å². The summed E-state index contributed by atoms with van der Waals surface area (Å²) < 4.78 is 13.3. The number of para-hydroxylation sites is 1. The average molecular weight is 354 g/mol. The Morgan fingerprint density at radius 2 is 1.85 bits per heavy atom. The van der Waals surface area contributed by atoms with Crippen LogP contribution in [0, 0.1) is 5.82 Å². The zero-order valence-electron chi connectivity index (χ0n) is 15.4. The van der Waals surface area contributed by atoms with Crippen molar-refractivity contribution in [3.8, 4) is 0 Å². The summed E-state index contributed by atoms with van der Waals surface area (Å²) in [5.41, 5.74) is 2.04. The van der Waals surface area contributed by atoms with E-state index in [4.69, 9.17) is 0 Å². The van der Waals surface area contributed by atoms with E-state index in [9.17, 15) is 9.18 Å². The van der Waals surface area contributed by atoms with Crippen LogP contribution in [0.25, 0.3) is 0 Å². The van der Waals surface area contributed by atoms with Crippen LogP contribution in [0.5, 0.6) is 0 Å². The number of likely N-dealkylation sites (tertiary alicyclic amines) is 1. The summed E-state index contributed by atoms with van der Waals surface area (Å²) in [4.78, 5) is 16.9. The van der Waals surface area contributed by atoms with E-state index in [1.165, 1.54) is 6.07 Å². The summed E-state index contributed by atoms with van der Waals surface area (Å²) in [5, 5.41) is 0. The molecule has 0 unspecified atom stereocenters. The normalized spacial score (nSPS) is 15.8. The summed E-state index contributed by atoms with van der Waals surface area (Å²) in [6.45, 7) is 4.80. The topological polar surface area (TPSA) is 23.6 Å². The van der Waals surface area contributed by atoms with E-state index in [1.54, 1.807) is 12.1 Å². The van der Waals surface area contributed by atoms with Crippen LogP contribution < -0.4 is 4.90 Å². The lowest BCUT2D eigenvalue weighted by atomic mass is 10.0. The van der Waals surface area contributed by atoms with Crippen molar-refractivity contribution in [2.75, 3.05) is 24.5 Å². The summed E-state index contributed by atoms with van der Waals surface area (Å²) in [6.07, 6.45) is 3.33. The molecule has 0 spiro atoms. The molecule has 3 nitrogen and oxygen atoms in total. The van der Waals surface area contributed by atoms with E-state index in [1.807, 2.05) is 48.2 Å². The summed E-state index contributed by atoms with van der Waals surface area (Å²) in [5.74, 6) is 0.0206. The highest BCUT2D eigenvalue weighted by atomic mass is 19.1. The zero-order chi connectivity index (χ0) is 18.4. The summed E-state index contributed by atoms with van der Waals surface area (Å²) >= 11 is 0. The van der Waals surface area contributed by atoms with Gasteiger partial charge < -0.3 is 9.80 Å². The van der Waals surface area contributed by atoms with Crippen molar-refractivity contribution in [1.82, 2.24) is 4.90 Å². The second-order valence-electron chi connectivity index (χ2n) is 6.91. The molecule has 0 N–H and O–H groups in total. The van der Waals surface area contributed by atoms with Gasteiger partial charge in [0, 0.05) is 37.8 Å². The quantitative estimate of drug-likeness (QED) is 0.773. The monoisotopic (exact) mass is 354 g/mol.